The Morgan fingerprint density at radius 1 is 1.38 bits per heavy atom. The Morgan fingerprint density at radius 2 is 2.17 bits per heavy atom. The fraction of sp³-hybridized carbons (Fsp3) is 0.588. The summed E-state index contributed by atoms with van der Waals surface area (Å²) in [6, 6.07) is 7.88. The molecule has 24 heavy (non-hydrogen) atoms. The van der Waals surface area contributed by atoms with Crippen LogP contribution >= 0.6 is 12.2 Å². The molecule has 2 saturated heterocycles. The lowest BCUT2D eigenvalue weighted by molar-refractivity contribution is 0.0851. The summed E-state index contributed by atoms with van der Waals surface area (Å²) in [6.07, 6.45) is 2.82. The fourth-order valence-corrected chi connectivity index (χ4v) is 5.39. The molecule has 0 spiro atoms. The van der Waals surface area contributed by atoms with Gasteiger partial charge >= 0.3 is 0 Å². The van der Waals surface area contributed by atoms with E-state index >= 15 is 0 Å². The normalized spacial score (nSPS) is 25.5. The maximum Gasteiger partial charge on any atom is 0.173 e. The first-order chi connectivity index (χ1) is 11.4. The average Bonchev–Trinajstić information content (AvgIpc) is 3.16. The van der Waals surface area contributed by atoms with E-state index in [1.807, 2.05) is 36.1 Å². The van der Waals surface area contributed by atoms with E-state index in [-0.39, 0.29) is 23.7 Å². The lowest BCUT2D eigenvalue weighted by Gasteiger charge is -2.33. The van der Waals surface area contributed by atoms with Gasteiger partial charge in [-0.25, -0.2) is 8.42 Å². The Balaban J connectivity index is 1.75. The number of nitrogens with zero attached hydrogens (tertiary/aromatic N) is 1. The molecule has 1 aromatic carbocycles. The largest absolute Gasteiger partial charge is 0.376 e. The Bertz CT molecular complexity index is 700. The molecular formula is C17H24N2O3S2. The molecule has 2 fully saturated rings. The summed E-state index contributed by atoms with van der Waals surface area (Å²) in [7, 11) is -2.96. The summed E-state index contributed by atoms with van der Waals surface area (Å²) >= 11 is 5.63. The van der Waals surface area contributed by atoms with Crippen LogP contribution in [-0.2, 0) is 14.6 Å². The second kappa shape index (κ2) is 7.37. The van der Waals surface area contributed by atoms with Crippen molar-refractivity contribution in [3.8, 4) is 0 Å². The van der Waals surface area contributed by atoms with E-state index in [0.717, 1.165) is 30.7 Å². The van der Waals surface area contributed by atoms with Crippen molar-refractivity contribution in [3.05, 3.63) is 29.8 Å². The molecule has 132 valence electrons. The molecule has 0 radical (unpaired) electrons. The zero-order valence-electron chi connectivity index (χ0n) is 13.9. The molecule has 0 aliphatic carbocycles. The van der Waals surface area contributed by atoms with Crippen LogP contribution in [0, 0.1) is 6.92 Å². The number of rotatable bonds is 4. The monoisotopic (exact) mass is 368 g/mol. The minimum Gasteiger partial charge on any atom is -0.376 e. The van der Waals surface area contributed by atoms with Crippen molar-refractivity contribution in [1.29, 1.82) is 0 Å². The summed E-state index contributed by atoms with van der Waals surface area (Å²) in [5, 5.41) is 3.88. The maximum absolute atomic E-state index is 11.9. The van der Waals surface area contributed by atoms with Crippen LogP contribution in [0.25, 0.3) is 0 Å². The summed E-state index contributed by atoms with van der Waals surface area (Å²) in [4.78, 5) is 2.03. The zero-order chi connectivity index (χ0) is 17.2. The molecule has 2 aliphatic rings. The van der Waals surface area contributed by atoms with Gasteiger partial charge in [-0.05, 0) is 50.0 Å². The van der Waals surface area contributed by atoms with Gasteiger partial charge in [0, 0.05) is 24.9 Å². The number of benzene rings is 1. The molecule has 0 unspecified atom stereocenters. The van der Waals surface area contributed by atoms with Gasteiger partial charge in [-0.15, -0.1) is 0 Å². The third-order valence-corrected chi connectivity index (χ3v) is 6.81. The second-order valence-electron chi connectivity index (χ2n) is 6.59. The summed E-state index contributed by atoms with van der Waals surface area (Å²) in [5.74, 6) is 0.419. The molecule has 0 saturated carbocycles. The van der Waals surface area contributed by atoms with Gasteiger partial charge in [-0.2, -0.15) is 0 Å². The van der Waals surface area contributed by atoms with Crippen molar-refractivity contribution in [3.63, 3.8) is 0 Å². The van der Waals surface area contributed by atoms with Crippen molar-refractivity contribution < 1.29 is 13.2 Å². The number of hydrogen-bond acceptors (Lipinski definition) is 4. The number of hydrogen-bond donors (Lipinski definition) is 1. The topological polar surface area (TPSA) is 58.6 Å². The SMILES string of the molecule is Cc1ccccc1NC(=S)N(C[C@H]1CCCO1)[C@H]1CCS(=O)(=O)C1. The number of para-hydroxylation sites is 1. The van der Waals surface area contributed by atoms with Crippen LogP contribution in [-0.4, -0.2) is 55.2 Å². The Morgan fingerprint density at radius 3 is 2.79 bits per heavy atom. The van der Waals surface area contributed by atoms with Crippen molar-refractivity contribution >= 4 is 32.9 Å². The standard InChI is InChI=1S/C17H24N2O3S2/c1-13-5-2-3-7-16(13)18-17(23)19(11-15-6-4-9-22-15)14-8-10-24(20,21)12-14/h2-3,5,7,14-15H,4,6,8-12H2,1H3,(H,18,23)/t14-,15+/m0/s1. The van der Waals surface area contributed by atoms with Crippen LogP contribution in [0.3, 0.4) is 0 Å². The van der Waals surface area contributed by atoms with E-state index in [1.54, 1.807) is 0 Å². The van der Waals surface area contributed by atoms with Gasteiger partial charge in [-0.1, -0.05) is 18.2 Å². The molecular weight excluding hydrogens is 344 g/mol. The third-order valence-electron chi connectivity index (χ3n) is 4.72. The fourth-order valence-electron chi connectivity index (χ4n) is 3.33. The molecule has 1 N–H and O–H groups in total. The molecule has 2 atom stereocenters. The quantitative estimate of drug-likeness (QED) is 0.824. The zero-order valence-corrected chi connectivity index (χ0v) is 15.5. The molecule has 0 bridgehead atoms. The molecule has 0 amide bonds. The number of nitrogens with one attached hydrogen (secondary N) is 1. The lowest BCUT2D eigenvalue weighted by Crippen LogP contribution is -2.47. The van der Waals surface area contributed by atoms with E-state index in [1.165, 1.54) is 0 Å². The Hall–Kier alpha value is -1.18. The van der Waals surface area contributed by atoms with E-state index in [9.17, 15) is 8.42 Å². The van der Waals surface area contributed by atoms with Gasteiger partial charge in [0.15, 0.2) is 14.9 Å². The molecule has 0 aromatic heterocycles. The molecule has 3 rings (SSSR count). The third kappa shape index (κ3) is 4.26. The highest BCUT2D eigenvalue weighted by molar-refractivity contribution is 7.91. The Labute approximate surface area is 149 Å². The van der Waals surface area contributed by atoms with E-state index < -0.39 is 9.84 Å². The average molecular weight is 369 g/mol. The van der Waals surface area contributed by atoms with Gasteiger partial charge in [0.05, 0.1) is 17.6 Å². The predicted molar refractivity (Wildman–Crippen MR) is 100 cm³/mol. The van der Waals surface area contributed by atoms with E-state index in [0.29, 0.717) is 18.1 Å². The smallest absolute Gasteiger partial charge is 0.173 e. The molecule has 1 aromatic rings. The van der Waals surface area contributed by atoms with Gasteiger partial charge in [0.2, 0.25) is 0 Å². The number of aryl methyl sites for hydroxylation is 1. The first-order valence-corrected chi connectivity index (χ1v) is 10.6. The summed E-state index contributed by atoms with van der Waals surface area (Å²) in [6.45, 7) is 3.45. The van der Waals surface area contributed by atoms with Crippen molar-refractivity contribution in [2.75, 3.05) is 30.0 Å². The number of sulfone groups is 1. The maximum atomic E-state index is 11.9. The second-order valence-corrected chi connectivity index (χ2v) is 9.20. The van der Waals surface area contributed by atoms with Gasteiger partial charge in [0.25, 0.3) is 0 Å². The van der Waals surface area contributed by atoms with Gasteiger partial charge in [0.1, 0.15) is 0 Å². The molecule has 2 heterocycles. The van der Waals surface area contributed by atoms with Crippen LogP contribution in [0.5, 0.6) is 0 Å². The number of ether oxygens (including phenoxy) is 1. The first-order valence-electron chi connectivity index (χ1n) is 8.40. The van der Waals surface area contributed by atoms with Crippen molar-refractivity contribution in [1.82, 2.24) is 4.90 Å². The van der Waals surface area contributed by atoms with Crippen LogP contribution < -0.4 is 5.32 Å². The highest BCUT2D eigenvalue weighted by Crippen LogP contribution is 2.23. The highest BCUT2D eigenvalue weighted by Gasteiger charge is 2.35. The minimum absolute atomic E-state index is 0.0665. The van der Waals surface area contributed by atoms with Crippen LogP contribution in [0.15, 0.2) is 24.3 Å². The Kier molecular flexibility index (Phi) is 5.42. The molecule has 5 nitrogen and oxygen atoms in total. The number of anilines is 1. The number of thiocarbonyl (C=S) groups is 1. The van der Waals surface area contributed by atoms with Crippen molar-refractivity contribution in [2.45, 2.75) is 38.3 Å². The summed E-state index contributed by atoms with van der Waals surface area (Å²) < 4.78 is 29.5. The van der Waals surface area contributed by atoms with E-state index in [2.05, 4.69) is 5.32 Å². The predicted octanol–water partition coefficient (Wildman–Crippen LogP) is 2.36. The molecule has 2 aliphatic heterocycles. The van der Waals surface area contributed by atoms with Crippen LogP contribution in [0.4, 0.5) is 5.69 Å². The van der Waals surface area contributed by atoms with Crippen LogP contribution in [0.1, 0.15) is 24.8 Å². The van der Waals surface area contributed by atoms with Gasteiger partial charge in [-0.3, -0.25) is 0 Å². The lowest BCUT2D eigenvalue weighted by atomic mass is 10.1. The minimum atomic E-state index is -2.96. The van der Waals surface area contributed by atoms with Crippen molar-refractivity contribution in [2.24, 2.45) is 0 Å². The summed E-state index contributed by atoms with van der Waals surface area (Å²) in [5.41, 5.74) is 2.07. The van der Waals surface area contributed by atoms with E-state index in [4.69, 9.17) is 17.0 Å². The van der Waals surface area contributed by atoms with Gasteiger partial charge < -0.3 is 15.0 Å². The van der Waals surface area contributed by atoms with Crippen LogP contribution in [0.2, 0.25) is 0 Å². The first kappa shape index (κ1) is 17.6. The highest BCUT2D eigenvalue weighted by atomic mass is 32.2. The molecule has 7 heteroatoms.